The van der Waals surface area contributed by atoms with E-state index in [1.54, 1.807) is 10.9 Å². The van der Waals surface area contributed by atoms with Gasteiger partial charge in [-0.05, 0) is 44.9 Å². The SMILES string of the molecule is CC(C)(C)OC(=O)NC(CN)Cc1ccccc1-n1cccn1. The van der Waals surface area contributed by atoms with Crippen LogP contribution < -0.4 is 11.1 Å². The first-order valence-corrected chi connectivity index (χ1v) is 7.66. The van der Waals surface area contributed by atoms with E-state index in [0.717, 1.165) is 11.3 Å². The van der Waals surface area contributed by atoms with Crippen molar-refractivity contribution in [1.29, 1.82) is 0 Å². The second-order valence-electron chi connectivity index (χ2n) is 6.36. The number of carbonyl (C=O) groups is 1. The minimum atomic E-state index is -0.532. The first kappa shape index (κ1) is 17.0. The van der Waals surface area contributed by atoms with Gasteiger partial charge < -0.3 is 15.8 Å². The molecule has 1 unspecified atom stereocenters. The van der Waals surface area contributed by atoms with Gasteiger partial charge >= 0.3 is 6.09 Å². The number of para-hydroxylation sites is 1. The zero-order valence-corrected chi connectivity index (χ0v) is 13.8. The van der Waals surface area contributed by atoms with Crippen LogP contribution in [-0.4, -0.2) is 34.1 Å². The van der Waals surface area contributed by atoms with Gasteiger partial charge in [-0.2, -0.15) is 5.10 Å². The molecular weight excluding hydrogens is 292 g/mol. The average Bonchev–Trinajstić information content (AvgIpc) is 2.99. The summed E-state index contributed by atoms with van der Waals surface area (Å²) in [6, 6.07) is 9.58. The molecule has 6 heteroatoms. The van der Waals surface area contributed by atoms with Crippen LogP contribution in [0.4, 0.5) is 4.79 Å². The first-order valence-electron chi connectivity index (χ1n) is 7.66. The van der Waals surface area contributed by atoms with Crippen LogP contribution in [0.25, 0.3) is 5.69 Å². The maximum absolute atomic E-state index is 11.9. The maximum atomic E-state index is 11.9. The van der Waals surface area contributed by atoms with Crippen LogP contribution in [0.1, 0.15) is 26.3 Å². The van der Waals surface area contributed by atoms with Crippen molar-refractivity contribution < 1.29 is 9.53 Å². The molecule has 6 nitrogen and oxygen atoms in total. The van der Waals surface area contributed by atoms with Crippen molar-refractivity contribution in [3.63, 3.8) is 0 Å². The van der Waals surface area contributed by atoms with Crippen LogP contribution in [0, 0.1) is 0 Å². The third-order valence-corrected chi connectivity index (χ3v) is 3.21. The molecule has 23 heavy (non-hydrogen) atoms. The lowest BCUT2D eigenvalue weighted by Gasteiger charge is -2.23. The normalized spacial score (nSPS) is 12.7. The quantitative estimate of drug-likeness (QED) is 0.886. The Morgan fingerprint density at radius 3 is 2.70 bits per heavy atom. The lowest BCUT2D eigenvalue weighted by atomic mass is 10.0. The monoisotopic (exact) mass is 316 g/mol. The molecular formula is C17H24N4O2. The zero-order valence-electron chi connectivity index (χ0n) is 13.8. The Hall–Kier alpha value is -2.34. The molecule has 2 rings (SSSR count). The van der Waals surface area contributed by atoms with Gasteiger partial charge in [-0.15, -0.1) is 0 Å². The second-order valence-corrected chi connectivity index (χ2v) is 6.36. The van der Waals surface area contributed by atoms with Gasteiger partial charge in [0.05, 0.1) is 5.69 Å². The van der Waals surface area contributed by atoms with Gasteiger partial charge in [-0.3, -0.25) is 0 Å². The number of alkyl carbamates (subject to hydrolysis) is 1. The molecule has 0 aliphatic carbocycles. The molecule has 1 aromatic heterocycles. The van der Waals surface area contributed by atoms with E-state index >= 15 is 0 Å². The van der Waals surface area contributed by atoms with Gasteiger partial charge in [0, 0.05) is 25.0 Å². The summed E-state index contributed by atoms with van der Waals surface area (Å²) >= 11 is 0. The molecule has 124 valence electrons. The number of benzene rings is 1. The maximum Gasteiger partial charge on any atom is 0.407 e. The van der Waals surface area contributed by atoms with E-state index in [-0.39, 0.29) is 6.04 Å². The van der Waals surface area contributed by atoms with Crippen LogP contribution in [0.5, 0.6) is 0 Å². The van der Waals surface area contributed by atoms with E-state index in [9.17, 15) is 4.79 Å². The molecule has 1 heterocycles. The lowest BCUT2D eigenvalue weighted by Crippen LogP contribution is -2.44. The van der Waals surface area contributed by atoms with Crippen molar-refractivity contribution in [2.24, 2.45) is 5.73 Å². The van der Waals surface area contributed by atoms with Crippen molar-refractivity contribution in [3.8, 4) is 5.69 Å². The highest BCUT2D eigenvalue weighted by Gasteiger charge is 2.20. The summed E-state index contributed by atoms with van der Waals surface area (Å²) in [6.45, 7) is 5.82. The molecule has 0 spiro atoms. The molecule has 0 aliphatic heterocycles. The summed E-state index contributed by atoms with van der Waals surface area (Å²) in [5, 5.41) is 7.09. The standard InChI is InChI=1S/C17H24N4O2/c1-17(2,3)23-16(22)20-14(12-18)11-13-7-4-5-8-15(13)21-10-6-9-19-21/h4-10,14H,11-12,18H2,1-3H3,(H,20,22). The largest absolute Gasteiger partial charge is 0.444 e. The molecule has 2 aromatic rings. The van der Waals surface area contributed by atoms with E-state index in [1.807, 2.05) is 57.3 Å². The Labute approximate surface area is 136 Å². The third-order valence-electron chi connectivity index (χ3n) is 3.21. The first-order chi connectivity index (χ1) is 10.9. The Morgan fingerprint density at radius 1 is 1.35 bits per heavy atom. The van der Waals surface area contributed by atoms with Crippen molar-refractivity contribution in [2.45, 2.75) is 38.8 Å². The molecule has 1 aromatic carbocycles. The van der Waals surface area contributed by atoms with E-state index in [0.29, 0.717) is 13.0 Å². The number of nitrogens with zero attached hydrogens (tertiary/aromatic N) is 2. The molecule has 0 radical (unpaired) electrons. The molecule has 1 amide bonds. The van der Waals surface area contributed by atoms with E-state index in [1.165, 1.54) is 0 Å². The number of nitrogens with two attached hydrogens (primary N) is 1. The fraction of sp³-hybridized carbons (Fsp3) is 0.412. The molecule has 0 bridgehead atoms. The molecule has 0 saturated heterocycles. The van der Waals surface area contributed by atoms with Crippen LogP contribution in [0.2, 0.25) is 0 Å². The van der Waals surface area contributed by atoms with Gasteiger partial charge in [-0.25, -0.2) is 9.48 Å². The predicted molar refractivity (Wildman–Crippen MR) is 89.5 cm³/mol. The minimum absolute atomic E-state index is 0.207. The topological polar surface area (TPSA) is 82.2 Å². The fourth-order valence-electron chi connectivity index (χ4n) is 2.25. The van der Waals surface area contributed by atoms with Gasteiger partial charge in [0.1, 0.15) is 5.60 Å². The van der Waals surface area contributed by atoms with Crippen molar-refractivity contribution in [1.82, 2.24) is 15.1 Å². The van der Waals surface area contributed by atoms with Crippen molar-refractivity contribution in [3.05, 3.63) is 48.3 Å². The minimum Gasteiger partial charge on any atom is -0.444 e. The number of ether oxygens (including phenoxy) is 1. The molecule has 1 atom stereocenters. The van der Waals surface area contributed by atoms with E-state index < -0.39 is 11.7 Å². The molecule has 0 fully saturated rings. The average molecular weight is 316 g/mol. The van der Waals surface area contributed by atoms with E-state index in [2.05, 4.69) is 10.4 Å². The number of amides is 1. The summed E-state index contributed by atoms with van der Waals surface area (Å²) in [5.74, 6) is 0. The number of hydrogen-bond donors (Lipinski definition) is 2. The summed E-state index contributed by atoms with van der Waals surface area (Å²) < 4.78 is 7.09. The second kappa shape index (κ2) is 7.28. The van der Waals surface area contributed by atoms with Crippen LogP contribution in [0.3, 0.4) is 0 Å². The highest BCUT2D eigenvalue weighted by molar-refractivity contribution is 5.68. The summed E-state index contributed by atoms with van der Waals surface area (Å²) in [6.07, 6.45) is 3.77. The third kappa shape index (κ3) is 5.10. The van der Waals surface area contributed by atoms with Gasteiger partial charge in [-0.1, -0.05) is 18.2 Å². The van der Waals surface area contributed by atoms with Gasteiger partial charge in [0.2, 0.25) is 0 Å². The van der Waals surface area contributed by atoms with Crippen molar-refractivity contribution >= 4 is 6.09 Å². The molecule has 3 N–H and O–H groups in total. The number of aromatic nitrogens is 2. The summed E-state index contributed by atoms with van der Waals surface area (Å²) in [5.41, 5.74) is 7.31. The highest BCUT2D eigenvalue weighted by atomic mass is 16.6. The van der Waals surface area contributed by atoms with Crippen LogP contribution >= 0.6 is 0 Å². The Morgan fingerprint density at radius 2 is 2.09 bits per heavy atom. The smallest absolute Gasteiger partial charge is 0.407 e. The molecule has 0 aliphatic rings. The lowest BCUT2D eigenvalue weighted by molar-refractivity contribution is 0.0506. The van der Waals surface area contributed by atoms with Crippen LogP contribution in [0.15, 0.2) is 42.7 Å². The van der Waals surface area contributed by atoms with E-state index in [4.69, 9.17) is 10.5 Å². The van der Waals surface area contributed by atoms with Gasteiger partial charge in [0.15, 0.2) is 0 Å². The number of carbonyl (C=O) groups excluding carboxylic acids is 1. The number of rotatable bonds is 5. The Kier molecular flexibility index (Phi) is 5.39. The summed E-state index contributed by atoms with van der Waals surface area (Å²) in [4.78, 5) is 11.9. The number of nitrogens with one attached hydrogen (secondary N) is 1. The van der Waals surface area contributed by atoms with Crippen molar-refractivity contribution in [2.75, 3.05) is 6.54 Å². The zero-order chi connectivity index (χ0) is 16.9. The summed E-state index contributed by atoms with van der Waals surface area (Å²) in [7, 11) is 0. The molecule has 0 saturated carbocycles. The van der Waals surface area contributed by atoms with Crippen LogP contribution in [-0.2, 0) is 11.2 Å². The highest BCUT2D eigenvalue weighted by Crippen LogP contribution is 2.15. The fourth-order valence-corrected chi connectivity index (χ4v) is 2.25. The predicted octanol–water partition coefficient (Wildman–Crippen LogP) is 2.27. The van der Waals surface area contributed by atoms with Gasteiger partial charge in [0.25, 0.3) is 0 Å². The Balaban J connectivity index is 2.09. The Bertz CT molecular complexity index is 632. The number of hydrogen-bond acceptors (Lipinski definition) is 4.